The van der Waals surface area contributed by atoms with Crippen LogP contribution in [0.2, 0.25) is 0 Å². The lowest BCUT2D eigenvalue weighted by molar-refractivity contribution is 0.128. The molecule has 3 nitrogen and oxygen atoms in total. The summed E-state index contributed by atoms with van der Waals surface area (Å²) < 4.78 is 0. The van der Waals surface area contributed by atoms with Crippen LogP contribution in [0.4, 0.5) is 4.79 Å². The van der Waals surface area contributed by atoms with Gasteiger partial charge in [-0.25, -0.2) is 4.79 Å². The zero-order valence-electron chi connectivity index (χ0n) is 11.3. The van der Waals surface area contributed by atoms with Gasteiger partial charge in [-0.15, -0.1) is 0 Å². The first kappa shape index (κ1) is 12.5. The molecule has 3 rings (SSSR count). The number of hydrogen-bond acceptors (Lipinski definition) is 1. The minimum atomic E-state index is 0.125. The molecule has 1 N–H and O–H groups in total. The number of nitrogens with zero attached hydrogens (tertiary/aromatic N) is 1. The maximum absolute atomic E-state index is 12.3. The van der Waals surface area contributed by atoms with E-state index in [1.807, 2.05) is 18.2 Å². The SMILES string of the molecule is O=C(NCc1ccccc1)N1CCCC2CCCC21. The van der Waals surface area contributed by atoms with Crippen molar-refractivity contribution in [2.45, 2.75) is 44.7 Å². The van der Waals surface area contributed by atoms with Crippen LogP contribution in [-0.2, 0) is 6.54 Å². The lowest BCUT2D eigenvalue weighted by Crippen LogP contribution is -2.50. The number of carbonyl (C=O) groups excluding carboxylic acids is 1. The predicted octanol–water partition coefficient (Wildman–Crippen LogP) is 3.16. The molecule has 0 aromatic heterocycles. The molecular formula is C16H22N2O. The number of urea groups is 1. The number of likely N-dealkylation sites (tertiary alicyclic amines) is 1. The van der Waals surface area contributed by atoms with Gasteiger partial charge in [-0.05, 0) is 37.2 Å². The summed E-state index contributed by atoms with van der Waals surface area (Å²) in [5.41, 5.74) is 1.16. The molecule has 2 fully saturated rings. The Kier molecular flexibility index (Phi) is 3.72. The second kappa shape index (κ2) is 5.64. The van der Waals surface area contributed by atoms with Crippen LogP contribution in [0.3, 0.4) is 0 Å². The predicted molar refractivity (Wildman–Crippen MR) is 75.7 cm³/mol. The molecule has 2 atom stereocenters. The number of benzene rings is 1. The third-order valence-electron chi connectivity index (χ3n) is 4.54. The number of nitrogens with one attached hydrogen (secondary N) is 1. The molecule has 3 heteroatoms. The van der Waals surface area contributed by atoms with Gasteiger partial charge in [-0.1, -0.05) is 36.8 Å². The lowest BCUT2D eigenvalue weighted by atomic mass is 9.92. The minimum Gasteiger partial charge on any atom is -0.334 e. The first-order chi connectivity index (χ1) is 9.34. The second-order valence-electron chi connectivity index (χ2n) is 5.74. The zero-order chi connectivity index (χ0) is 13.1. The number of piperidine rings is 1. The van der Waals surface area contributed by atoms with Crippen molar-refractivity contribution in [3.05, 3.63) is 35.9 Å². The molecule has 1 saturated heterocycles. The van der Waals surface area contributed by atoms with E-state index in [4.69, 9.17) is 0 Å². The summed E-state index contributed by atoms with van der Waals surface area (Å²) in [5.74, 6) is 0.760. The normalized spacial score (nSPS) is 26.0. The number of fused-ring (bicyclic) bond motifs is 1. The van der Waals surface area contributed by atoms with E-state index in [0.717, 1.165) is 18.0 Å². The minimum absolute atomic E-state index is 0.125. The summed E-state index contributed by atoms with van der Waals surface area (Å²) >= 11 is 0. The molecule has 19 heavy (non-hydrogen) atoms. The summed E-state index contributed by atoms with van der Waals surface area (Å²) in [6, 6.07) is 10.7. The lowest BCUT2D eigenvalue weighted by Gasteiger charge is -2.37. The fourth-order valence-corrected chi connectivity index (χ4v) is 3.58. The van der Waals surface area contributed by atoms with E-state index in [1.54, 1.807) is 0 Å². The molecule has 1 aromatic carbocycles. The monoisotopic (exact) mass is 258 g/mol. The maximum Gasteiger partial charge on any atom is 0.317 e. The molecule has 1 heterocycles. The van der Waals surface area contributed by atoms with Crippen molar-refractivity contribution in [1.82, 2.24) is 10.2 Å². The molecule has 1 aliphatic carbocycles. The van der Waals surface area contributed by atoms with E-state index in [9.17, 15) is 4.79 Å². The van der Waals surface area contributed by atoms with E-state index < -0.39 is 0 Å². The Morgan fingerprint density at radius 1 is 1.16 bits per heavy atom. The van der Waals surface area contributed by atoms with Crippen LogP contribution >= 0.6 is 0 Å². The Labute approximate surface area is 115 Å². The Hall–Kier alpha value is -1.51. The molecule has 0 radical (unpaired) electrons. The Balaban J connectivity index is 1.57. The molecule has 2 unspecified atom stereocenters. The van der Waals surface area contributed by atoms with Gasteiger partial charge >= 0.3 is 6.03 Å². The van der Waals surface area contributed by atoms with Gasteiger partial charge in [0.1, 0.15) is 0 Å². The quantitative estimate of drug-likeness (QED) is 0.868. The highest BCUT2D eigenvalue weighted by Gasteiger charge is 2.37. The van der Waals surface area contributed by atoms with Gasteiger partial charge in [0.15, 0.2) is 0 Å². The molecule has 102 valence electrons. The summed E-state index contributed by atoms with van der Waals surface area (Å²) in [6.07, 6.45) is 6.28. The number of rotatable bonds is 2. The van der Waals surface area contributed by atoms with Gasteiger partial charge < -0.3 is 10.2 Å². The van der Waals surface area contributed by atoms with Crippen molar-refractivity contribution in [3.63, 3.8) is 0 Å². The van der Waals surface area contributed by atoms with E-state index >= 15 is 0 Å². The topological polar surface area (TPSA) is 32.3 Å². The van der Waals surface area contributed by atoms with E-state index in [2.05, 4.69) is 22.3 Å². The highest BCUT2D eigenvalue weighted by Crippen LogP contribution is 2.36. The van der Waals surface area contributed by atoms with Crippen LogP contribution in [0.5, 0.6) is 0 Å². The Morgan fingerprint density at radius 2 is 1.95 bits per heavy atom. The Morgan fingerprint density at radius 3 is 2.79 bits per heavy atom. The van der Waals surface area contributed by atoms with E-state index in [0.29, 0.717) is 12.6 Å². The van der Waals surface area contributed by atoms with E-state index in [1.165, 1.54) is 32.1 Å². The fourth-order valence-electron chi connectivity index (χ4n) is 3.58. The molecule has 1 aliphatic heterocycles. The average molecular weight is 258 g/mol. The smallest absolute Gasteiger partial charge is 0.317 e. The van der Waals surface area contributed by atoms with Crippen LogP contribution in [0.25, 0.3) is 0 Å². The zero-order valence-corrected chi connectivity index (χ0v) is 11.3. The van der Waals surface area contributed by atoms with Gasteiger partial charge in [-0.2, -0.15) is 0 Å². The molecule has 0 bridgehead atoms. The second-order valence-corrected chi connectivity index (χ2v) is 5.74. The van der Waals surface area contributed by atoms with Gasteiger partial charge in [-0.3, -0.25) is 0 Å². The van der Waals surface area contributed by atoms with Crippen LogP contribution < -0.4 is 5.32 Å². The number of hydrogen-bond donors (Lipinski definition) is 1. The van der Waals surface area contributed by atoms with Gasteiger partial charge in [0.25, 0.3) is 0 Å². The molecule has 1 aromatic rings. The van der Waals surface area contributed by atoms with Gasteiger partial charge in [0, 0.05) is 19.1 Å². The number of carbonyl (C=O) groups is 1. The van der Waals surface area contributed by atoms with Crippen molar-refractivity contribution in [2.24, 2.45) is 5.92 Å². The highest BCUT2D eigenvalue weighted by molar-refractivity contribution is 5.74. The highest BCUT2D eigenvalue weighted by atomic mass is 16.2. The van der Waals surface area contributed by atoms with Crippen molar-refractivity contribution in [1.29, 1.82) is 0 Å². The largest absolute Gasteiger partial charge is 0.334 e. The fraction of sp³-hybridized carbons (Fsp3) is 0.562. The Bertz CT molecular complexity index is 432. The summed E-state index contributed by atoms with van der Waals surface area (Å²) in [6.45, 7) is 1.56. The van der Waals surface area contributed by atoms with Crippen molar-refractivity contribution in [3.8, 4) is 0 Å². The van der Waals surface area contributed by atoms with Crippen LogP contribution in [-0.4, -0.2) is 23.5 Å². The molecule has 2 amide bonds. The molecular weight excluding hydrogens is 236 g/mol. The number of amides is 2. The molecule has 1 saturated carbocycles. The first-order valence-electron chi connectivity index (χ1n) is 7.43. The molecule has 2 aliphatic rings. The van der Waals surface area contributed by atoms with Crippen molar-refractivity contribution < 1.29 is 4.79 Å². The standard InChI is InChI=1S/C16H22N2O/c19-16(17-12-13-6-2-1-3-7-13)18-11-5-9-14-8-4-10-15(14)18/h1-3,6-7,14-15H,4-5,8-12H2,(H,17,19). The first-order valence-corrected chi connectivity index (χ1v) is 7.43. The average Bonchev–Trinajstić information content (AvgIpc) is 2.94. The maximum atomic E-state index is 12.3. The summed E-state index contributed by atoms with van der Waals surface area (Å²) in [5, 5.41) is 3.07. The van der Waals surface area contributed by atoms with Gasteiger partial charge in [0.05, 0.1) is 0 Å². The van der Waals surface area contributed by atoms with Gasteiger partial charge in [0.2, 0.25) is 0 Å². The third kappa shape index (κ3) is 2.75. The van der Waals surface area contributed by atoms with Crippen molar-refractivity contribution in [2.75, 3.05) is 6.54 Å². The summed E-state index contributed by atoms with van der Waals surface area (Å²) in [4.78, 5) is 14.4. The van der Waals surface area contributed by atoms with Crippen LogP contribution in [0.15, 0.2) is 30.3 Å². The van der Waals surface area contributed by atoms with E-state index in [-0.39, 0.29) is 6.03 Å². The molecule has 0 spiro atoms. The summed E-state index contributed by atoms with van der Waals surface area (Å²) in [7, 11) is 0. The van der Waals surface area contributed by atoms with Crippen molar-refractivity contribution >= 4 is 6.03 Å². The third-order valence-corrected chi connectivity index (χ3v) is 4.54. The van der Waals surface area contributed by atoms with Crippen LogP contribution in [0.1, 0.15) is 37.7 Å². The van der Waals surface area contributed by atoms with Crippen LogP contribution in [0, 0.1) is 5.92 Å².